The van der Waals surface area contributed by atoms with Gasteiger partial charge in [-0.2, -0.15) is 0 Å². The van der Waals surface area contributed by atoms with E-state index in [4.69, 9.17) is 0 Å². The molecule has 0 aliphatic rings. The Hall–Kier alpha value is -1.35. The molecule has 3 nitrogen and oxygen atoms in total. The molecule has 3 heteroatoms. The molecule has 118 valence electrons. The van der Waals surface area contributed by atoms with E-state index in [9.17, 15) is 4.79 Å². The van der Waals surface area contributed by atoms with Crippen LogP contribution >= 0.6 is 0 Å². The Morgan fingerprint density at radius 1 is 1.14 bits per heavy atom. The topological polar surface area (TPSA) is 41.1 Å². The second-order valence-corrected chi connectivity index (χ2v) is 5.97. The molecule has 0 radical (unpaired) electrons. The van der Waals surface area contributed by atoms with E-state index in [2.05, 4.69) is 50.5 Å². The molecule has 0 aliphatic carbocycles. The Kier molecular flexibility index (Phi) is 8.06. The fraction of sp³-hybridized carbons (Fsp3) is 0.611. The molecule has 0 spiro atoms. The fourth-order valence-electron chi connectivity index (χ4n) is 2.24. The quantitative estimate of drug-likeness (QED) is 0.710. The molecule has 0 heterocycles. The molecule has 0 aromatic heterocycles. The van der Waals surface area contributed by atoms with Crippen LogP contribution in [0.2, 0.25) is 0 Å². The minimum Gasteiger partial charge on any atom is -0.326 e. The van der Waals surface area contributed by atoms with Crippen LogP contribution in [0.5, 0.6) is 0 Å². The highest BCUT2D eigenvalue weighted by molar-refractivity contribution is 5.92. The molecule has 0 fully saturated rings. The normalized spacial score (nSPS) is 12.4. The van der Waals surface area contributed by atoms with Gasteiger partial charge in [-0.25, -0.2) is 0 Å². The van der Waals surface area contributed by atoms with E-state index in [-0.39, 0.29) is 11.8 Å². The Labute approximate surface area is 129 Å². The van der Waals surface area contributed by atoms with Gasteiger partial charge in [0.25, 0.3) is 0 Å². The van der Waals surface area contributed by atoms with Crippen molar-refractivity contribution >= 4 is 11.6 Å². The minimum absolute atomic E-state index is 0.132. The first-order valence-corrected chi connectivity index (χ1v) is 8.20. The first kappa shape index (κ1) is 17.7. The van der Waals surface area contributed by atoms with E-state index in [0.29, 0.717) is 6.04 Å². The Morgan fingerprint density at radius 2 is 1.81 bits per heavy atom. The van der Waals surface area contributed by atoms with E-state index < -0.39 is 0 Å². The molecule has 0 aliphatic heterocycles. The molecule has 1 aromatic rings. The summed E-state index contributed by atoms with van der Waals surface area (Å²) in [6, 6.07) is 8.59. The molecule has 1 amide bonds. The van der Waals surface area contributed by atoms with Gasteiger partial charge in [0.15, 0.2) is 0 Å². The lowest BCUT2D eigenvalue weighted by Crippen LogP contribution is -2.23. The van der Waals surface area contributed by atoms with E-state index in [0.717, 1.165) is 37.9 Å². The third-order valence-electron chi connectivity index (χ3n) is 3.71. The van der Waals surface area contributed by atoms with Crippen molar-refractivity contribution in [1.29, 1.82) is 0 Å². The van der Waals surface area contributed by atoms with Crippen molar-refractivity contribution < 1.29 is 4.79 Å². The summed E-state index contributed by atoms with van der Waals surface area (Å²) >= 11 is 0. The predicted octanol–water partition coefficient (Wildman–Crippen LogP) is 4.34. The van der Waals surface area contributed by atoms with E-state index in [1.165, 1.54) is 5.56 Å². The highest BCUT2D eigenvalue weighted by Gasteiger charge is 2.15. The van der Waals surface area contributed by atoms with Crippen molar-refractivity contribution in [2.45, 2.75) is 66.0 Å². The van der Waals surface area contributed by atoms with Gasteiger partial charge in [-0.05, 0) is 30.5 Å². The largest absolute Gasteiger partial charge is 0.326 e. The summed E-state index contributed by atoms with van der Waals surface area (Å²) in [4.78, 5) is 12.2. The zero-order valence-corrected chi connectivity index (χ0v) is 13.9. The van der Waals surface area contributed by atoms with Crippen LogP contribution in [0, 0.1) is 5.92 Å². The number of carbonyl (C=O) groups is 1. The Balaban J connectivity index is 2.52. The minimum atomic E-state index is 0.132. The van der Waals surface area contributed by atoms with Crippen molar-refractivity contribution in [3.8, 4) is 0 Å². The molecule has 2 N–H and O–H groups in total. The second kappa shape index (κ2) is 9.56. The zero-order chi connectivity index (χ0) is 15.7. The van der Waals surface area contributed by atoms with Gasteiger partial charge in [0.05, 0.1) is 0 Å². The molecule has 0 saturated heterocycles. The SMILES string of the molecule is CCCCC(CC)C(=O)Nc1ccc(CNC(C)C)cc1. The molecule has 21 heavy (non-hydrogen) atoms. The molecular weight excluding hydrogens is 260 g/mol. The number of hydrogen-bond acceptors (Lipinski definition) is 2. The summed E-state index contributed by atoms with van der Waals surface area (Å²) in [5.74, 6) is 0.284. The summed E-state index contributed by atoms with van der Waals surface area (Å²) in [6.45, 7) is 9.38. The molecule has 0 saturated carbocycles. The van der Waals surface area contributed by atoms with Crippen LogP contribution in [-0.4, -0.2) is 11.9 Å². The summed E-state index contributed by atoms with van der Waals surface area (Å²) in [6.07, 6.45) is 4.14. The van der Waals surface area contributed by atoms with Crippen LogP contribution in [0.4, 0.5) is 5.69 Å². The van der Waals surface area contributed by atoms with Gasteiger partial charge in [-0.3, -0.25) is 4.79 Å². The van der Waals surface area contributed by atoms with Gasteiger partial charge in [-0.15, -0.1) is 0 Å². The van der Waals surface area contributed by atoms with Crippen LogP contribution in [0.1, 0.15) is 58.9 Å². The number of hydrogen-bond donors (Lipinski definition) is 2. The molecule has 1 rings (SSSR count). The second-order valence-electron chi connectivity index (χ2n) is 5.97. The van der Waals surface area contributed by atoms with Crippen molar-refractivity contribution in [3.05, 3.63) is 29.8 Å². The van der Waals surface area contributed by atoms with E-state index in [1.54, 1.807) is 0 Å². The van der Waals surface area contributed by atoms with Gasteiger partial charge in [0.1, 0.15) is 0 Å². The number of amides is 1. The number of rotatable bonds is 9. The van der Waals surface area contributed by atoms with Gasteiger partial charge in [0.2, 0.25) is 5.91 Å². The molecule has 1 unspecified atom stereocenters. The third kappa shape index (κ3) is 6.76. The zero-order valence-electron chi connectivity index (χ0n) is 13.9. The standard InChI is InChI=1S/C18H30N2O/c1-5-7-8-16(6-2)18(21)20-17-11-9-15(10-12-17)13-19-14(3)4/h9-12,14,16,19H,5-8,13H2,1-4H3,(H,20,21). The van der Waals surface area contributed by atoms with Crippen LogP contribution in [0.3, 0.4) is 0 Å². The third-order valence-corrected chi connectivity index (χ3v) is 3.71. The monoisotopic (exact) mass is 290 g/mol. The van der Waals surface area contributed by atoms with E-state index >= 15 is 0 Å². The lowest BCUT2D eigenvalue weighted by Gasteiger charge is -2.15. The average molecular weight is 290 g/mol. The predicted molar refractivity (Wildman–Crippen MR) is 90.4 cm³/mol. The van der Waals surface area contributed by atoms with Crippen LogP contribution in [0.15, 0.2) is 24.3 Å². The highest BCUT2D eigenvalue weighted by Crippen LogP contribution is 2.16. The number of carbonyl (C=O) groups excluding carboxylic acids is 1. The van der Waals surface area contributed by atoms with E-state index in [1.807, 2.05) is 12.1 Å². The Bertz CT molecular complexity index is 412. The van der Waals surface area contributed by atoms with Crippen LogP contribution in [0.25, 0.3) is 0 Å². The lowest BCUT2D eigenvalue weighted by molar-refractivity contribution is -0.120. The summed E-state index contributed by atoms with van der Waals surface area (Å²) in [5.41, 5.74) is 2.13. The van der Waals surface area contributed by atoms with Crippen LogP contribution < -0.4 is 10.6 Å². The molecular formula is C18H30N2O. The first-order chi connectivity index (χ1) is 10.1. The maximum absolute atomic E-state index is 12.2. The van der Waals surface area contributed by atoms with Gasteiger partial charge in [-0.1, -0.05) is 52.7 Å². The fourth-order valence-corrected chi connectivity index (χ4v) is 2.24. The first-order valence-electron chi connectivity index (χ1n) is 8.20. The van der Waals surface area contributed by atoms with Crippen molar-refractivity contribution in [1.82, 2.24) is 5.32 Å². The molecule has 1 aromatic carbocycles. The van der Waals surface area contributed by atoms with Gasteiger partial charge < -0.3 is 10.6 Å². The number of unbranched alkanes of at least 4 members (excludes halogenated alkanes) is 1. The number of nitrogens with one attached hydrogen (secondary N) is 2. The van der Waals surface area contributed by atoms with Crippen molar-refractivity contribution in [2.75, 3.05) is 5.32 Å². The smallest absolute Gasteiger partial charge is 0.227 e. The maximum atomic E-state index is 12.2. The van der Waals surface area contributed by atoms with Crippen molar-refractivity contribution in [3.63, 3.8) is 0 Å². The summed E-state index contributed by atoms with van der Waals surface area (Å²) in [5, 5.41) is 6.42. The van der Waals surface area contributed by atoms with Crippen molar-refractivity contribution in [2.24, 2.45) is 5.92 Å². The molecule has 0 bridgehead atoms. The van der Waals surface area contributed by atoms with Gasteiger partial charge in [0, 0.05) is 24.2 Å². The van der Waals surface area contributed by atoms with Gasteiger partial charge >= 0.3 is 0 Å². The molecule has 1 atom stereocenters. The summed E-state index contributed by atoms with van der Waals surface area (Å²) < 4.78 is 0. The average Bonchev–Trinajstić information content (AvgIpc) is 2.47. The summed E-state index contributed by atoms with van der Waals surface area (Å²) in [7, 11) is 0. The lowest BCUT2D eigenvalue weighted by atomic mass is 9.98. The Morgan fingerprint density at radius 3 is 2.33 bits per heavy atom. The van der Waals surface area contributed by atoms with Crippen LogP contribution in [-0.2, 0) is 11.3 Å². The maximum Gasteiger partial charge on any atom is 0.227 e. The number of benzene rings is 1. The highest BCUT2D eigenvalue weighted by atomic mass is 16.1. The number of anilines is 1.